The minimum absolute atomic E-state index is 0.150. The van der Waals surface area contributed by atoms with E-state index in [9.17, 15) is 9.59 Å². The average Bonchev–Trinajstić information content (AvgIpc) is 3.03. The first kappa shape index (κ1) is 15.7. The van der Waals surface area contributed by atoms with Crippen LogP contribution in [0.25, 0.3) is 11.1 Å². The molecule has 1 aliphatic heterocycles. The fourth-order valence-corrected chi connectivity index (χ4v) is 3.39. The Labute approximate surface area is 134 Å². The van der Waals surface area contributed by atoms with E-state index in [0.29, 0.717) is 36.4 Å². The van der Waals surface area contributed by atoms with Crippen molar-refractivity contribution in [1.82, 2.24) is 19.4 Å². The molecule has 2 aromatic heterocycles. The van der Waals surface area contributed by atoms with Gasteiger partial charge in [0.25, 0.3) is 11.5 Å². The highest BCUT2D eigenvalue weighted by Gasteiger charge is 2.36. The second kappa shape index (κ2) is 5.49. The number of carbonyl (C=O) groups excluding carboxylic acids is 1. The molecular formula is C16H22N4O3. The number of aromatic nitrogens is 2. The lowest BCUT2D eigenvalue weighted by Gasteiger charge is -2.22. The van der Waals surface area contributed by atoms with Gasteiger partial charge in [-0.1, -0.05) is 6.92 Å². The van der Waals surface area contributed by atoms with Crippen molar-refractivity contribution >= 4 is 17.0 Å². The average molecular weight is 318 g/mol. The normalized spacial score (nSPS) is 21.6. The van der Waals surface area contributed by atoms with Crippen LogP contribution in [0.4, 0.5) is 0 Å². The van der Waals surface area contributed by atoms with Crippen LogP contribution in [0.1, 0.15) is 23.0 Å². The Morgan fingerprint density at radius 3 is 2.70 bits per heavy atom. The van der Waals surface area contributed by atoms with Crippen LogP contribution in [-0.2, 0) is 7.05 Å². The number of likely N-dealkylation sites (tertiary alicyclic amines) is 1. The first-order chi connectivity index (χ1) is 10.8. The lowest BCUT2D eigenvalue weighted by Crippen LogP contribution is -2.36. The van der Waals surface area contributed by atoms with Gasteiger partial charge in [-0.25, -0.2) is 4.98 Å². The molecule has 0 unspecified atom stereocenters. The van der Waals surface area contributed by atoms with Gasteiger partial charge in [0, 0.05) is 26.2 Å². The molecule has 0 bridgehead atoms. The quantitative estimate of drug-likeness (QED) is 0.821. The second-order valence-electron chi connectivity index (χ2n) is 6.59. The minimum atomic E-state index is -0.258. The van der Waals surface area contributed by atoms with Crippen LogP contribution in [0, 0.1) is 12.8 Å². The largest absolute Gasteiger partial charge is 0.442 e. The monoisotopic (exact) mass is 318 g/mol. The fourth-order valence-electron chi connectivity index (χ4n) is 3.39. The van der Waals surface area contributed by atoms with Crippen molar-refractivity contribution in [2.24, 2.45) is 13.0 Å². The highest BCUT2D eigenvalue weighted by molar-refractivity contribution is 6.06. The highest BCUT2D eigenvalue weighted by atomic mass is 16.3. The first-order valence-corrected chi connectivity index (χ1v) is 7.71. The Bertz CT molecular complexity index is 821. The number of likely N-dealkylation sites (N-methyl/N-ethyl adjacent to an activating group) is 1. The lowest BCUT2D eigenvalue weighted by molar-refractivity contribution is 0.0781. The van der Waals surface area contributed by atoms with E-state index < -0.39 is 0 Å². The Morgan fingerprint density at radius 1 is 1.39 bits per heavy atom. The van der Waals surface area contributed by atoms with Crippen LogP contribution in [-0.4, -0.2) is 58.5 Å². The Hall–Kier alpha value is -2.15. The maximum absolute atomic E-state index is 13.0. The molecule has 0 saturated carbocycles. The molecule has 1 aliphatic rings. The summed E-state index contributed by atoms with van der Waals surface area (Å²) >= 11 is 0. The number of fused-ring (bicyclic) bond motifs is 1. The van der Waals surface area contributed by atoms with Gasteiger partial charge in [-0.2, -0.15) is 0 Å². The third kappa shape index (κ3) is 2.45. The van der Waals surface area contributed by atoms with Crippen molar-refractivity contribution in [2.45, 2.75) is 19.9 Å². The van der Waals surface area contributed by atoms with E-state index in [2.05, 4.69) is 16.8 Å². The number of rotatable bonds is 2. The number of furan rings is 1. The van der Waals surface area contributed by atoms with Gasteiger partial charge in [0.05, 0.1) is 5.56 Å². The van der Waals surface area contributed by atoms with Gasteiger partial charge >= 0.3 is 0 Å². The van der Waals surface area contributed by atoms with E-state index in [4.69, 9.17) is 4.42 Å². The third-order valence-electron chi connectivity index (χ3n) is 4.69. The Balaban J connectivity index is 2.04. The zero-order valence-electron chi connectivity index (χ0n) is 14.2. The minimum Gasteiger partial charge on any atom is -0.442 e. The van der Waals surface area contributed by atoms with Gasteiger partial charge < -0.3 is 18.8 Å². The number of aryl methyl sites for hydroxylation is 2. The predicted molar refractivity (Wildman–Crippen MR) is 86.5 cm³/mol. The summed E-state index contributed by atoms with van der Waals surface area (Å²) in [5.74, 6) is 0.678. The molecule has 1 saturated heterocycles. The zero-order valence-corrected chi connectivity index (χ0v) is 14.2. The molecule has 124 valence electrons. The summed E-state index contributed by atoms with van der Waals surface area (Å²) in [5, 5.41) is 0.276. The van der Waals surface area contributed by atoms with E-state index in [1.807, 2.05) is 14.1 Å². The highest BCUT2D eigenvalue weighted by Crippen LogP contribution is 2.26. The molecule has 23 heavy (non-hydrogen) atoms. The molecule has 0 spiro atoms. The van der Waals surface area contributed by atoms with Crippen LogP contribution >= 0.6 is 0 Å². The lowest BCUT2D eigenvalue weighted by atomic mass is 10.1. The number of hydrogen-bond donors (Lipinski definition) is 0. The van der Waals surface area contributed by atoms with Crippen LogP contribution in [0.2, 0.25) is 0 Å². The summed E-state index contributed by atoms with van der Waals surface area (Å²) in [5.41, 5.74) is 0.317. The fraction of sp³-hybridized carbons (Fsp3) is 0.562. The molecule has 7 nitrogen and oxygen atoms in total. The predicted octanol–water partition coefficient (Wildman–Crippen LogP) is 0.857. The van der Waals surface area contributed by atoms with E-state index in [-0.39, 0.29) is 22.6 Å². The summed E-state index contributed by atoms with van der Waals surface area (Å²) in [6, 6.07) is 0.318. The summed E-state index contributed by atoms with van der Waals surface area (Å²) in [4.78, 5) is 33.4. The summed E-state index contributed by atoms with van der Waals surface area (Å²) < 4.78 is 6.90. The molecule has 0 N–H and O–H groups in total. The van der Waals surface area contributed by atoms with Crippen molar-refractivity contribution in [2.75, 3.05) is 27.2 Å². The molecule has 3 heterocycles. The van der Waals surface area contributed by atoms with Crippen molar-refractivity contribution in [1.29, 1.82) is 0 Å². The summed E-state index contributed by atoms with van der Waals surface area (Å²) in [7, 11) is 5.66. The van der Waals surface area contributed by atoms with Crippen molar-refractivity contribution < 1.29 is 9.21 Å². The van der Waals surface area contributed by atoms with Crippen LogP contribution in [0.3, 0.4) is 0 Å². The maximum Gasteiger partial charge on any atom is 0.265 e. The van der Waals surface area contributed by atoms with Crippen molar-refractivity contribution in [3.63, 3.8) is 0 Å². The standard InChI is InChI=1S/C16H22N4O3/c1-9-6-20(7-11(9)18(3)4)16(22)12-10(2)23-14-13(12)15(21)19(5)8-17-14/h8-9,11H,6-7H2,1-5H3/t9-,11-/m0/s1. The number of nitrogens with zero attached hydrogens (tertiary/aromatic N) is 4. The summed E-state index contributed by atoms with van der Waals surface area (Å²) in [6.07, 6.45) is 1.40. The topological polar surface area (TPSA) is 71.6 Å². The zero-order chi connectivity index (χ0) is 16.9. The molecule has 0 aromatic carbocycles. The Kier molecular flexibility index (Phi) is 3.75. The van der Waals surface area contributed by atoms with Gasteiger partial charge in [0.2, 0.25) is 5.71 Å². The van der Waals surface area contributed by atoms with Gasteiger partial charge in [0.1, 0.15) is 17.5 Å². The smallest absolute Gasteiger partial charge is 0.265 e. The molecule has 2 atom stereocenters. The molecule has 1 fully saturated rings. The second-order valence-corrected chi connectivity index (χ2v) is 6.59. The third-order valence-corrected chi connectivity index (χ3v) is 4.69. The molecule has 7 heteroatoms. The molecular weight excluding hydrogens is 296 g/mol. The van der Waals surface area contributed by atoms with Crippen LogP contribution < -0.4 is 5.56 Å². The van der Waals surface area contributed by atoms with Gasteiger partial charge in [-0.3, -0.25) is 9.59 Å². The SMILES string of the molecule is Cc1oc2ncn(C)c(=O)c2c1C(=O)N1C[C@H](C)[C@@H](N(C)C)C1. The van der Waals surface area contributed by atoms with Crippen LogP contribution in [0.5, 0.6) is 0 Å². The van der Waals surface area contributed by atoms with Crippen LogP contribution in [0.15, 0.2) is 15.5 Å². The first-order valence-electron chi connectivity index (χ1n) is 7.71. The number of carbonyl (C=O) groups is 1. The molecule has 0 aliphatic carbocycles. The van der Waals surface area contributed by atoms with E-state index >= 15 is 0 Å². The molecule has 0 radical (unpaired) electrons. The van der Waals surface area contributed by atoms with Gasteiger partial charge in [0.15, 0.2) is 0 Å². The number of hydrogen-bond acceptors (Lipinski definition) is 5. The number of amides is 1. The van der Waals surface area contributed by atoms with Gasteiger partial charge in [-0.15, -0.1) is 0 Å². The Morgan fingerprint density at radius 2 is 2.09 bits per heavy atom. The summed E-state index contributed by atoms with van der Waals surface area (Å²) in [6.45, 7) is 5.17. The van der Waals surface area contributed by atoms with Crippen molar-refractivity contribution in [3.8, 4) is 0 Å². The van der Waals surface area contributed by atoms with E-state index in [1.165, 1.54) is 10.9 Å². The van der Waals surface area contributed by atoms with E-state index in [1.54, 1.807) is 18.9 Å². The molecule has 2 aromatic rings. The molecule has 1 amide bonds. The molecule has 3 rings (SSSR count). The maximum atomic E-state index is 13.0. The van der Waals surface area contributed by atoms with E-state index in [0.717, 1.165) is 0 Å². The van der Waals surface area contributed by atoms with Gasteiger partial charge in [-0.05, 0) is 26.9 Å². The van der Waals surface area contributed by atoms with Crippen molar-refractivity contribution in [3.05, 3.63) is 28.0 Å².